The van der Waals surface area contributed by atoms with Crippen LogP contribution in [-0.4, -0.2) is 55.0 Å². The second-order valence-corrected chi connectivity index (χ2v) is 8.31. The van der Waals surface area contributed by atoms with E-state index in [1.807, 2.05) is 12.1 Å². The third-order valence-corrected chi connectivity index (χ3v) is 5.85. The van der Waals surface area contributed by atoms with Gasteiger partial charge in [-0.05, 0) is 80.7 Å². The van der Waals surface area contributed by atoms with E-state index in [1.165, 1.54) is 30.3 Å². The van der Waals surface area contributed by atoms with Gasteiger partial charge < -0.3 is 25.5 Å². The van der Waals surface area contributed by atoms with Gasteiger partial charge >= 0.3 is 0 Å². The average molecular weight is 463 g/mol. The Bertz CT molecular complexity index is 1170. The number of nitrogens with zero attached hydrogens (tertiary/aromatic N) is 2. The second-order valence-electron chi connectivity index (χ2n) is 8.31. The lowest BCUT2D eigenvalue weighted by molar-refractivity contribution is 0.101. The topological polar surface area (TPSA) is 84.9 Å². The minimum Gasteiger partial charge on any atom is -0.506 e. The molecule has 0 bridgehead atoms. The fraction of sp³-hybridized carbons (Fsp3) is 0.231. The number of amides is 2. The number of para-hydroxylation sites is 1. The summed E-state index contributed by atoms with van der Waals surface area (Å²) in [6.07, 6.45) is 1.08. The Kier molecular flexibility index (Phi) is 7.08. The molecule has 0 spiro atoms. The first kappa shape index (κ1) is 23.3. The molecule has 4 rings (SSSR count). The second kappa shape index (κ2) is 10.4. The molecule has 1 aliphatic heterocycles. The normalized spacial score (nSPS) is 14.4. The molecule has 2 amide bonds. The van der Waals surface area contributed by atoms with Gasteiger partial charge in [-0.25, -0.2) is 4.39 Å². The molecule has 0 aliphatic carbocycles. The lowest BCUT2D eigenvalue weighted by atomic mass is 10.1. The molecule has 1 saturated heterocycles. The van der Waals surface area contributed by atoms with Crippen LogP contribution in [0, 0.1) is 5.82 Å². The molecule has 0 radical (unpaired) electrons. The van der Waals surface area contributed by atoms with Gasteiger partial charge in [0.25, 0.3) is 11.8 Å². The number of halogens is 1. The molecular weight excluding hydrogens is 435 g/mol. The number of likely N-dealkylation sites (N-methyl/N-ethyl adjacent to an activating group) is 1. The van der Waals surface area contributed by atoms with Crippen molar-refractivity contribution in [3.63, 3.8) is 0 Å². The Morgan fingerprint density at radius 2 is 1.47 bits per heavy atom. The first-order chi connectivity index (χ1) is 16.4. The largest absolute Gasteiger partial charge is 0.506 e. The number of anilines is 3. The van der Waals surface area contributed by atoms with Crippen LogP contribution in [0.5, 0.6) is 5.75 Å². The number of hydrogen-bond acceptors (Lipinski definition) is 5. The van der Waals surface area contributed by atoms with Crippen LogP contribution in [-0.2, 0) is 0 Å². The number of phenolic OH excluding ortho intramolecular Hbond substituents is 1. The number of nitrogens with one attached hydrogen (secondary N) is 2. The summed E-state index contributed by atoms with van der Waals surface area (Å²) < 4.78 is 13.1. The van der Waals surface area contributed by atoms with E-state index >= 15 is 0 Å². The van der Waals surface area contributed by atoms with Gasteiger partial charge in [-0.3, -0.25) is 9.59 Å². The first-order valence-electron chi connectivity index (χ1n) is 11.1. The van der Waals surface area contributed by atoms with Crippen molar-refractivity contribution in [3.05, 3.63) is 83.7 Å². The summed E-state index contributed by atoms with van der Waals surface area (Å²) in [5, 5.41) is 15.7. The summed E-state index contributed by atoms with van der Waals surface area (Å²) in [5.74, 6) is -1.54. The van der Waals surface area contributed by atoms with E-state index in [0.717, 1.165) is 38.3 Å². The quantitative estimate of drug-likeness (QED) is 0.496. The maximum absolute atomic E-state index is 13.1. The molecule has 0 aromatic heterocycles. The third-order valence-electron chi connectivity index (χ3n) is 5.85. The molecule has 0 atom stereocenters. The molecule has 34 heavy (non-hydrogen) atoms. The molecule has 3 aromatic rings. The number of carbonyl (C=O) groups excluding carboxylic acids is 2. The van der Waals surface area contributed by atoms with Gasteiger partial charge in [0.05, 0.1) is 5.69 Å². The zero-order valence-electron chi connectivity index (χ0n) is 18.9. The molecule has 3 aromatic carbocycles. The molecule has 0 unspecified atom stereocenters. The van der Waals surface area contributed by atoms with Crippen molar-refractivity contribution in [1.29, 1.82) is 0 Å². The van der Waals surface area contributed by atoms with Gasteiger partial charge in [-0.2, -0.15) is 0 Å². The van der Waals surface area contributed by atoms with Gasteiger partial charge in [-0.1, -0.05) is 6.07 Å². The SMILES string of the molecule is CN1CCCN(c2ccc(C(=O)Nc3c(O)cccc3NC(=O)c3ccc(F)cc3)cc2)CC1. The van der Waals surface area contributed by atoms with E-state index in [4.69, 9.17) is 0 Å². The summed E-state index contributed by atoms with van der Waals surface area (Å²) in [6.45, 7) is 3.95. The molecule has 1 aliphatic rings. The maximum atomic E-state index is 13.1. The summed E-state index contributed by atoms with van der Waals surface area (Å²) >= 11 is 0. The van der Waals surface area contributed by atoms with Crippen LogP contribution in [0.1, 0.15) is 27.1 Å². The van der Waals surface area contributed by atoms with E-state index in [9.17, 15) is 19.1 Å². The smallest absolute Gasteiger partial charge is 0.255 e. The minimum atomic E-state index is -0.492. The van der Waals surface area contributed by atoms with Crippen molar-refractivity contribution in [3.8, 4) is 5.75 Å². The van der Waals surface area contributed by atoms with Crippen LogP contribution in [0.4, 0.5) is 21.5 Å². The summed E-state index contributed by atoms with van der Waals surface area (Å²) in [7, 11) is 2.12. The Balaban J connectivity index is 1.47. The lowest BCUT2D eigenvalue weighted by Crippen LogP contribution is -2.28. The fourth-order valence-corrected chi connectivity index (χ4v) is 3.89. The standard InChI is InChI=1S/C26H27FN4O3/c1-30-14-3-15-31(17-16-30)21-12-8-19(9-13-21)26(34)29-24-22(4-2-5-23(24)32)28-25(33)18-6-10-20(27)11-7-18/h2,4-13,32H,3,14-17H2,1H3,(H,28,33)(H,29,34). The van der Waals surface area contributed by atoms with Gasteiger partial charge in [0.15, 0.2) is 0 Å². The monoisotopic (exact) mass is 462 g/mol. The van der Waals surface area contributed by atoms with Gasteiger partial charge in [0, 0.05) is 36.4 Å². The first-order valence-corrected chi connectivity index (χ1v) is 11.1. The molecule has 176 valence electrons. The van der Waals surface area contributed by atoms with Crippen LogP contribution >= 0.6 is 0 Å². The highest BCUT2D eigenvalue weighted by Crippen LogP contribution is 2.32. The number of benzene rings is 3. The third kappa shape index (κ3) is 5.52. The van der Waals surface area contributed by atoms with Crippen LogP contribution in [0.25, 0.3) is 0 Å². The highest BCUT2D eigenvalue weighted by molar-refractivity contribution is 6.11. The summed E-state index contributed by atoms with van der Waals surface area (Å²) in [4.78, 5) is 30.1. The molecular formula is C26H27FN4O3. The van der Waals surface area contributed by atoms with Crippen molar-refractivity contribution >= 4 is 28.9 Å². The number of phenols is 1. The molecule has 8 heteroatoms. The van der Waals surface area contributed by atoms with Gasteiger partial charge in [0.1, 0.15) is 17.3 Å². The van der Waals surface area contributed by atoms with Crippen LogP contribution in [0.15, 0.2) is 66.7 Å². The predicted molar refractivity (Wildman–Crippen MR) is 131 cm³/mol. The van der Waals surface area contributed by atoms with Gasteiger partial charge in [-0.15, -0.1) is 0 Å². The van der Waals surface area contributed by atoms with E-state index in [1.54, 1.807) is 24.3 Å². The maximum Gasteiger partial charge on any atom is 0.255 e. The summed E-state index contributed by atoms with van der Waals surface area (Å²) in [5.41, 5.74) is 2.05. The Morgan fingerprint density at radius 1 is 0.824 bits per heavy atom. The number of aromatic hydroxyl groups is 1. The minimum absolute atomic E-state index is 0.0857. The van der Waals surface area contributed by atoms with Crippen molar-refractivity contribution in [2.24, 2.45) is 0 Å². The zero-order chi connectivity index (χ0) is 24.1. The summed E-state index contributed by atoms with van der Waals surface area (Å²) in [6, 6.07) is 17.0. The fourth-order valence-electron chi connectivity index (χ4n) is 3.89. The Morgan fingerprint density at radius 3 is 2.18 bits per heavy atom. The molecule has 1 fully saturated rings. The van der Waals surface area contributed by atoms with Crippen LogP contribution < -0.4 is 15.5 Å². The molecule has 0 saturated carbocycles. The zero-order valence-corrected chi connectivity index (χ0v) is 18.9. The van der Waals surface area contributed by atoms with E-state index in [0.29, 0.717) is 5.56 Å². The van der Waals surface area contributed by atoms with Crippen molar-refractivity contribution < 1.29 is 19.1 Å². The van der Waals surface area contributed by atoms with Crippen molar-refractivity contribution in [2.45, 2.75) is 6.42 Å². The van der Waals surface area contributed by atoms with Crippen LogP contribution in [0.2, 0.25) is 0 Å². The molecule has 3 N–H and O–H groups in total. The van der Waals surface area contributed by atoms with Crippen LogP contribution in [0.3, 0.4) is 0 Å². The van der Waals surface area contributed by atoms with E-state index < -0.39 is 17.6 Å². The lowest BCUT2D eigenvalue weighted by Gasteiger charge is -2.23. The predicted octanol–water partition coefficient (Wildman–Crippen LogP) is 4.18. The Labute approximate surface area is 197 Å². The molecule has 7 nitrogen and oxygen atoms in total. The average Bonchev–Trinajstić information content (AvgIpc) is 3.06. The number of carbonyl (C=O) groups is 2. The number of hydrogen-bond donors (Lipinski definition) is 3. The number of rotatable bonds is 5. The van der Waals surface area contributed by atoms with Crippen molar-refractivity contribution in [1.82, 2.24) is 4.90 Å². The van der Waals surface area contributed by atoms with Crippen molar-refractivity contribution in [2.75, 3.05) is 48.8 Å². The molecule has 1 heterocycles. The highest BCUT2D eigenvalue weighted by Gasteiger charge is 2.17. The van der Waals surface area contributed by atoms with E-state index in [-0.39, 0.29) is 22.7 Å². The Hall–Kier alpha value is -3.91. The highest BCUT2D eigenvalue weighted by atomic mass is 19.1. The van der Waals surface area contributed by atoms with E-state index in [2.05, 4.69) is 27.5 Å². The van der Waals surface area contributed by atoms with Gasteiger partial charge in [0.2, 0.25) is 0 Å².